The summed E-state index contributed by atoms with van der Waals surface area (Å²) < 4.78 is 68.9. The Labute approximate surface area is 523 Å². The number of carbonyl (C=O) groups is 6. The Morgan fingerprint density at radius 3 is 1.14 bits per heavy atom. The van der Waals surface area contributed by atoms with E-state index < -0.39 is 129 Å². The molecule has 34 heteroatoms. The normalized spacial score (nSPS) is 12.1. The predicted molar refractivity (Wildman–Crippen MR) is 329 cm³/mol. The first kappa shape index (κ1) is 76.6. The monoisotopic (exact) mass is 1320 g/mol. The first-order valence-electron chi connectivity index (χ1n) is 27.5. The molecule has 0 saturated heterocycles. The Bertz CT molecular complexity index is 3820. The number of aliphatic carboxylic acids is 1. The van der Waals surface area contributed by atoms with Crippen molar-refractivity contribution in [3.05, 3.63) is 88.2 Å². The Balaban J connectivity index is 0.000000387. The van der Waals surface area contributed by atoms with E-state index in [-0.39, 0.29) is 67.4 Å². The molecule has 0 fully saturated rings. The quantitative estimate of drug-likeness (QED) is 0.0192. The van der Waals surface area contributed by atoms with Crippen molar-refractivity contribution in [1.29, 1.82) is 0 Å². The number of ether oxygens (including phenoxy) is 4. The molecule has 2 aromatic carbocycles. The number of carbonyl (C=O) groups excluding carboxylic acids is 5. The molecule has 1 amide bonds. The number of nitrogens with two attached hydrogens (primary N) is 1. The minimum atomic E-state index is -4.06. The van der Waals surface area contributed by atoms with Crippen molar-refractivity contribution in [3.63, 3.8) is 0 Å². The molecular weight excluding hydrogens is 1250 g/mol. The third-order valence-corrected chi connectivity index (χ3v) is 15.9. The largest absolute Gasteiger partial charge is 0.480 e. The van der Waals surface area contributed by atoms with E-state index in [1.165, 1.54) is 9.13 Å². The topological polar surface area (TPSA) is 430 Å². The molecule has 496 valence electrons. The molecule has 0 aromatic heterocycles. The van der Waals surface area contributed by atoms with Crippen LogP contribution in [0.1, 0.15) is 105 Å². The molecule has 4 heterocycles. The maximum absolute atomic E-state index is 13.4. The second-order valence-electron chi connectivity index (χ2n) is 24.2. The van der Waals surface area contributed by atoms with Gasteiger partial charge in [0, 0.05) is 13.1 Å². The van der Waals surface area contributed by atoms with Crippen molar-refractivity contribution in [2.75, 3.05) is 52.6 Å². The molecule has 0 aliphatic carbocycles. The average Bonchev–Trinajstić information content (AvgIpc) is 0.773. The molecule has 0 bridgehead atoms. The van der Waals surface area contributed by atoms with E-state index in [0.717, 1.165) is 22.3 Å². The molecule has 4 aliphatic heterocycles. The second-order valence-corrected chi connectivity index (χ2v) is 28.6. The molecule has 6 rings (SSSR count). The molecular formula is C56H79ClN10O21P2. The van der Waals surface area contributed by atoms with Gasteiger partial charge in [-0.2, -0.15) is 9.97 Å². The van der Waals surface area contributed by atoms with Gasteiger partial charge in [-0.1, -0.05) is 0 Å². The van der Waals surface area contributed by atoms with Crippen LogP contribution in [0.4, 0.5) is 0 Å². The highest BCUT2D eigenvalue weighted by Gasteiger charge is 2.33. The second kappa shape index (κ2) is 31.4. The van der Waals surface area contributed by atoms with Crippen molar-refractivity contribution >= 4 is 85.4 Å². The van der Waals surface area contributed by atoms with Crippen LogP contribution in [0, 0.1) is 49.4 Å². The standard InChI is InChI=1S/C28H38N5O10P.C14H12N4O4.C14H28NO7P.ClH/c1-16-11-18-19(12-17(16)2)33(22-21(30-18)23(35)32-26(38)31-22)13-20(34)29-9-10-44(39,42-14-40-24(36)27(3,4)5)43-15-41-25(37)28(6,7)8;1-6-3-8-9(4-7(6)2)18(5-10(19)20)12-11(15-8)13(21)17-14(22)16-12;1-13(2,3)11(16)19-9-21-23(18,8-7-15)22-10-20-12(17)14(4,5)6;/h11-12H,9-10,13-15H2,1-8H3,(H,29,34)(H,32,35,38);3-4H,5H2,1-2H3,(H,19,20)(H,17,21,22);7-10,15H2,1-6H3;1H. The number of halogens is 1. The van der Waals surface area contributed by atoms with E-state index in [4.69, 9.17) is 47.9 Å². The lowest BCUT2D eigenvalue weighted by molar-refractivity contribution is -0.163. The molecule has 31 nitrogen and oxygen atoms in total. The minimum Gasteiger partial charge on any atom is -0.480 e. The predicted octanol–water partition coefficient (Wildman–Crippen LogP) is 5.61. The summed E-state index contributed by atoms with van der Waals surface area (Å²) in [5, 5.41) is 11.7. The van der Waals surface area contributed by atoms with Gasteiger partial charge in [-0.05, 0) is 157 Å². The van der Waals surface area contributed by atoms with E-state index in [1.54, 1.807) is 107 Å². The van der Waals surface area contributed by atoms with Gasteiger partial charge in [-0.25, -0.2) is 19.6 Å². The van der Waals surface area contributed by atoms with Crippen LogP contribution >= 0.6 is 27.6 Å². The van der Waals surface area contributed by atoms with Gasteiger partial charge in [0.05, 0.1) is 56.1 Å². The Kier molecular flexibility index (Phi) is 26.7. The van der Waals surface area contributed by atoms with Crippen molar-refractivity contribution in [3.8, 4) is 23.0 Å². The van der Waals surface area contributed by atoms with E-state index in [1.807, 2.05) is 32.7 Å². The van der Waals surface area contributed by atoms with Crippen LogP contribution in [0.5, 0.6) is 0 Å². The van der Waals surface area contributed by atoms with Crippen LogP contribution in [0.15, 0.2) is 43.4 Å². The van der Waals surface area contributed by atoms with Crippen LogP contribution < -0.4 is 33.5 Å². The first-order valence-corrected chi connectivity index (χ1v) is 30.9. The number of amides is 1. The zero-order chi connectivity index (χ0) is 67.4. The Morgan fingerprint density at radius 1 is 0.522 bits per heavy atom. The van der Waals surface area contributed by atoms with Crippen LogP contribution in [-0.4, -0.2) is 132 Å². The number of aromatic amines is 2. The fourth-order valence-corrected chi connectivity index (χ4v) is 9.31. The summed E-state index contributed by atoms with van der Waals surface area (Å²) in [5.41, 5.74) is 4.51. The number of carboxylic acids is 1. The maximum Gasteiger partial charge on any atom is 0.349 e. The van der Waals surface area contributed by atoms with Gasteiger partial charge in [0.25, 0.3) is 11.1 Å². The number of hydrogen-bond donors (Lipinski definition) is 5. The number of hydrogen-bond acceptors (Lipinski definition) is 25. The zero-order valence-electron chi connectivity index (χ0n) is 53.1. The summed E-state index contributed by atoms with van der Waals surface area (Å²) in [6, 6.07) is 7.07. The van der Waals surface area contributed by atoms with E-state index in [9.17, 15) is 57.1 Å². The van der Waals surface area contributed by atoms with Crippen LogP contribution in [0.2, 0.25) is 0 Å². The molecule has 90 heavy (non-hydrogen) atoms. The Hall–Kier alpha value is -7.63. The van der Waals surface area contributed by atoms with Crippen molar-refractivity contribution in [2.24, 2.45) is 27.4 Å². The van der Waals surface area contributed by atoms with Gasteiger partial charge in [-0.15, -0.1) is 12.4 Å². The number of nitrogens with zero attached hydrogens (tertiary/aromatic N) is 6. The van der Waals surface area contributed by atoms with E-state index in [2.05, 4.69) is 30.2 Å². The minimum absolute atomic E-state index is 0. The van der Waals surface area contributed by atoms with Crippen molar-refractivity contribution < 1.29 is 80.0 Å². The number of aryl methyl sites for hydroxylation is 4. The summed E-state index contributed by atoms with van der Waals surface area (Å²) in [5.74, 6) is -4.02. The highest BCUT2D eigenvalue weighted by molar-refractivity contribution is 7.54. The van der Waals surface area contributed by atoms with Crippen LogP contribution in [0.3, 0.4) is 0 Å². The zero-order valence-corrected chi connectivity index (χ0v) is 55.7. The Morgan fingerprint density at radius 2 is 0.833 bits per heavy atom. The number of benzene rings is 2. The maximum atomic E-state index is 13.4. The number of rotatable bonds is 21. The van der Waals surface area contributed by atoms with E-state index >= 15 is 0 Å². The molecule has 0 unspecified atom stereocenters. The van der Waals surface area contributed by atoms with Crippen LogP contribution in [-0.2, 0) is 88.0 Å². The fraction of sp³-hybridized carbons (Fsp3) is 0.536. The third-order valence-electron chi connectivity index (χ3n) is 12.4. The average molecular weight is 1330 g/mol. The summed E-state index contributed by atoms with van der Waals surface area (Å²) in [7, 11) is -7.68. The highest BCUT2D eigenvalue weighted by Crippen LogP contribution is 2.48. The molecule has 0 atom stereocenters. The van der Waals surface area contributed by atoms with Gasteiger partial charge in [0.15, 0.2) is 23.0 Å². The lowest BCUT2D eigenvalue weighted by atomic mass is 9.98. The number of esters is 4. The number of nitrogens with one attached hydrogen (secondary N) is 3. The molecule has 2 aromatic rings. The summed E-state index contributed by atoms with van der Waals surface area (Å²) >= 11 is 0. The molecule has 6 N–H and O–H groups in total. The summed E-state index contributed by atoms with van der Waals surface area (Å²) in [4.78, 5) is 140. The number of aromatic nitrogens is 8. The van der Waals surface area contributed by atoms with Gasteiger partial charge < -0.3 is 44.2 Å². The third kappa shape index (κ3) is 22.1. The molecule has 4 aliphatic rings. The summed E-state index contributed by atoms with van der Waals surface area (Å²) in [6.45, 7) is 23.9. The molecule has 0 saturated carbocycles. The fourth-order valence-electron chi connectivity index (χ4n) is 7.08. The van der Waals surface area contributed by atoms with E-state index in [0.29, 0.717) is 22.1 Å². The number of carboxylic acid groups (broad SMARTS) is 1. The molecule has 0 radical (unpaired) electrons. The molecule has 0 spiro atoms. The number of H-pyrrole nitrogens is 2. The van der Waals surface area contributed by atoms with Crippen LogP contribution in [0.25, 0.3) is 45.1 Å². The lowest BCUT2D eigenvalue weighted by Crippen LogP contribution is -2.34. The first-order chi connectivity index (χ1) is 41.0. The smallest absolute Gasteiger partial charge is 0.349 e. The van der Waals surface area contributed by atoms with Crippen molar-refractivity contribution in [1.82, 2.24) is 44.4 Å². The van der Waals surface area contributed by atoms with Gasteiger partial charge >= 0.3 is 56.4 Å². The van der Waals surface area contributed by atoms with Gasteiger partial charge in [0.2, 0.25) is 33.1 Å². The SMILES string of the molecule is CC(C)(C)C(=O)OCOP(=O)(CCN)OCOC(=O)C(C)(C)C.Cc1cc2nc3c(=O)[nH]c(=O)nc-3n(CC(=O)NCCP(=O)(OCOC(=O)C(C)(C)C)OCOC(=O)C(C)(C)C)c2cc1C.Cc1cc2nc3c(=O)[nH]c(=O)nc-3n(CC(=O)O)c2cc1C.Cl. The van der Waals surface area contributed by atoms with Gasteiger partial charge in [0.1, 0.15) is 13.1 Å². The van der Waals surface area contributed by atoms with Crippen molar-refractivity contribution in [2.45, 2.75) is 124 Å². The number of fused-ring (bicyclic) bond motifs is 4. The lowest BCUT2D eigenvalue weighted by Gasteiger charge is -2.22. The highest BCUT2D eigenvalue weighted by atomic mass is 35.5. The summed E-state index contributed by atoms with van der Waals surface area (Å²) in [6.07, 6.45) is -0.463. The van der Waals surface area contributed by atoms with Gasteiger partial charge in [-0.3, -0.25) is 75.5 Å².